The highest BCUT2D eigenvalue weighted by Gasteiger charge is 2.30. The SMILES string of the molecule is CC(C)(C)OC(=O)N[C@H]1CCCC[C@H]1Nc1nc(Nc2ccnc(N3CCOCC3)c2F)c(C#N)cc1F. The molecular formula is C26H33F2N7O3. The van der Waals surface area contributed by atoms with Crippen molar-refractivity contribution in [3.63, 3.8) is 0 Å². The molecule has 1 saturated heterocycles. The van der Waals surface area contributed by atoms with E-state index in [9.17, 15) is 14.4 Å². The minimum Gasteiger partial charge on any atom is -0.444 e. The number of ether oxygens (including phenoxy) is 2. The third kappa shape index (κ3) is 6.77. The second-order valence-corrected chi connectivity index (χ2v) is 10.3. The van der Waals surface area contributed by atoms with E-state index in [0.29, 0.717) is 39.1 Å². The van der Waals surface area contributed by atoms with E-state index in [1.807, 2.05) is 6.07 Å². The van der Waals surface area contributed by atoms with Gasteiger partial charge in [-0.25, -0.2) is 23.5 Å². The summed E-state index contributed by atoms with van der Waals surface area (Å²) in [6, 6.07) is 3.78. The number of nitrogens with one attached hydrogen (secondary N) is 3. The molecule has 0 radical (unpaired) electrons. The van der Waals surface area contributed by atoms with Crippen LogP contribution in [0.5, 0.6) is 0 Å². The lowest BCUT2D eigenvalue weighted by Gasteiger charge is -2.33. The van der Waals surface area contributed by atoms with Gasteiger partial charge >= 0.3 is 6.09 Å². The van der Waals surface area contributed by atoms with E-state index in [-0.39, 0.29) is 40.8 Å². The fourth-order valence-corrected chi connectivity index (χ4v) is 4.53. The average molecular weight is 530 g/mol. The van der Waals surface area contributed by atoms with Gasteiger partial charge in [-0.05, 0) is 45.7 Å². The maximum absolute atomic E-state index is 15.4. The molecule has 1 aliphatic carbocycles. The molecule has 0 aromatic carbocycles. The van der Waals surface area contributed by atoms with Crippen molar-refractivity contribution in [2.75, 3.05) is 41.8 Å². The molecule has 2 aliphatic rings. The van der Waals surface area contributed by atoms with E-state index in [2.05, 4.69) is 25.9 Å². The van der Waals surface area contributed by atoms with Crippen LogP contribution in [0.1, 0.15) is 52.0 Å². The predicted octanol–water partition coefficient (Wildman–Crippen LogP) is 4.45. The molecule has 12 heteroatoms. The fraction of sp³-hybridized carbons (Fsp3) is 0.538. The van der Waals surface area contributed by atoms with Gasteiger partial charge in [0.1, 0.15) is 11.7 Å². The van der Waals surface area contributed by atoms with Crippen molar-refractivity contribution in [2.45, 2.75) is 64.1 Å². The zero-order chi connectivity index (χ0) is 27.3. The predicted molar refractivity (Wildman–Crippen MR) is 138 cm³/mol. The largest absolute Gasteiger partial charge is 0.444 e. The standard InChI is InChI=1S/C26H33F2N7O3/c1-26(2,3)38-25(36)33-19-7-5-4-6-18(19)31-23-17(27)14-16(15-29)22(34-23)32-20-8-9-30-24(21(20)28)35-10-12-37-13-11-35/h8-9,14,18-19H,4-7,10-13H2,1-3H3,(H,33,36)(H2,30,31,32,34)/t18-,19+/m1/s1. The van der Waals surface area contributed by atoms with Crippen LogP contribution in [0.2, 0.25) is 0 Å². The third-order valence-corrected chi connectivity index (χ3v) is 6.32. The Labute approximate surface area is 220 Å². The number of halogens is 2. The monoisotopic (exact) mass is 529 g/mol. The molecule has 0 unspecified atom stereocenters. The van der Waals surface area contributed by atoms with Crippen LogP contribution in [0.25, 0.3) is 0 Å². The molecule has 2 atom stereocenters. The first kappa shape index (κ1) is 27.3. The van der Waals surface area contributed by atoms with Crippen LogP contribution < -0.4 is 20.9 Å². The van der Waals surface area contributed by atoms with Gasteiger partial charge in [0.05, 0.1) is 30.5 Å². The first-order chi connectivity index (χ1) is 18.1. The van der Waals surface area contributed by atoms with Gasteiger partial charge in [0, 0.05) is 25.3 Å². The molecule has 1 aliphatic heterocycles. The molecule has 38 heavy (non-hydrogen) atoms. The summed E-state index contributed by atoms with van der Waals surface area (Å²) in [5.41, 5.74) is -0.665. The number of alkyl carbamates (subject to hydrolysis) is 1. The van der Waals surface area contributed by atoms with Crippen molar-refractivity contribution in [3.05, 3.63) is 35.5 Å². The lowest BCUT2D eigenvalue weighted by atomic mass is 9.90. The summed E-state index contributed by atoms with van der Waals surface area (Å²) < 4.78 is 41.1. The van der Waals surface area contributed by atoms with Gasteiger partial charge in [0.2, 0.25) is 0 Å². The van der Waals surface area contributed by atoms with E-state index >= 15 is 4.39 Å². The van der Waals surface area contributed by atoms with Crippen molar-refractivity contribution in [3.8, 4) is 6.07 Å². The summed E-state index contributed by atoms with van der Waals surface area (Å²) >= 11 is 0. The van der Waals surface area contributed by atoms with Gasteiger partial charge in [-0.3, -0.25) is 0 Å². The van der Waals surface area contributed by atoms with Crippen molar-refractivity contribution in [1.29, 1.82) is 5.26 Å². The Morgan fingerprint density at radius 1 is 1.18 bits per heavy atom. The van der Waals surface area contributed by atoms with E-state index in [1.165, 1.54) is 12.3 Å². The molecule has 1 saturated carbocycles. The maximum atomic E-state index is 15.4. The third-order valence-electron chi connectivity index (χ3n) is 6.32. The first-order valence-corrected chi connectivity index (χ1v) is 12.8. The number of nitrogens with zero attached hydrogens (tertiary/aromatic N) is 4. The molecule has 3 heterocycles. The average Bonchev–Trinajstić information content (AvgIpc) is 2.87. The molecule has 3 N–H and O–H groups in total. The highest BCUT2D eigenvalue weighted by molar-refractivity contribution is 5.69. The van der Waals surface area contributed by atoms with Crippen LogP contribution in [0.4, 0.5) is 36.7 Å². The number of nitriles is 1. The number of morpholine rings is 1. The molecule has 0 spiro atoms. The van der Waals surface area contributed by atoms with Crippen molar-refractivity contribution < 1.29 is 23.0 Å². The van der Waals surface area contributed by atoms with Crippen molar-refractivity contribution in [1.82, 2.24) is 15.3 Å². The Kier molecular flexibility index (Phi) is 8.46. The Morgan fingerprint density at radius 2 is 1.89 bits per heavy atom. The Bertz CT molecular complexity index is 1190. The van der Waals surface area contributed by atoms with Crippen LogP contribution in [0.3, 0.4) is 0 Å². The lowest BCUT2D eigenvalue weighted by molar-refractivity contribution is 0.0488. The summed E-state index contributed by atoms with van der Waals surface area (Å²) in [7, 11) is 0. The zero-order valence-corrected chi connectivity index (χ0v) is 21.8. The number of rotatable bonds is 6. The summed E-state index contributed by atoms with van der Waals surface area (Å²) in [6.45, 7) is 7.28. The van der Waals surface area contributed by atoms with Gasteiger partial charge in [0.25, 0.3) is 0 Å². The fourth-order valence-electron chi connectivity index (χ4n) is 4.53. The quantitative estimate of drug-likeness (QED) is 0.498. The number of hydrogen-bond donors (Lipinski definition) is 3. The van der Waals surface area contributed by atoms with Crippen molar-refractivity contribution >= 4 is 29.2 Å². The summed E-state index contributed by atoms with van der Waals surface area (Å²) in [4.78, 5) is 22.6. The Morgan fingerprint density at radius 3 is 2.58 bits per heavy atom. The van der Waals surface area contributed by atoms with Gasteiger partial charge in [-0.2, -0.15) is 5.26 Å². The van der Waals surface area contributed by atoms with Gasteiger partial charge in [-0.15, -0.1) is 0 Å². The number of pyridine rings is 2. The highest BCUT2D eigenvalue weighted by Crippen LogP contribution is 2.30. The number of carbonyl (C=O) groups excluding carboxylic acids is 1. The number of anilines is 4. The minimum atomic E-state index is -0.724. The van der Waals surface area contributed by atoms with Crippen LogP contribution >= 0.6 is 0 Å². The van der Waals surface area contributed by atoms with Gasteiger partial charge in [0.15, 0.2) is 29.1 Å². The molecule has 0 bridgehead atoms. The second kappa shape index (κ2) is 11.8. The Hall–Kier alpha value is -3.72. The molecule has 2 aromatic rings. The zero-order valence-electron chi connectivity index (χ0n) is 21.8. The molecule has 2 aromatic heterocycles. The smallest absolute Gasteiger partial charge is 0.407 e. The van der Waals surface area contributed by atoms with E-state index in [4.69, 9.17) is 9.47 Å². The lowest BCUT2D eigenvalue weighted by Crippen LogP contribution is -2.50. The van der Waals surface area contributed by atoms with Crippen LogP contribution in [0, 0.1) is 23.0 Å². The van der Waals surface area contributed by atoms with Crippen molar-refractivity contribution in [2.24, 2.45) is 0 Å². The summed E-state index contributed by atoms with van der Waals surface area (Å²) in [5.74, 6) is -1.26. The molecular weight excluding hydrogens is 496 g/mol. The molecule has 1 amide bonds. The molecule has 4 rings (SSSR count). The molecule has 10 nitrogen and oxygen atoms in total. The normalized spacial score (nSPS) is 19.8. The number of carbonyl (C=O) groups is 1. The molecule has 204 valence electrons. The van der Waals surface area contributed by atoms with Crippen LogP contribution in [-0.4, -0.2) is 60.0 Å². The van der Waals surface area contributed by atoms with Gasteiger partial charge in [-0.1, -0.05) is 12.8 Å². The topological polar surface area (TPSA) is 124 Å². The van der Waals surface area contributed by atoms with Crippen LogP contribution in [-0.2, 0) is 9.47 Å². The van der Waals surface area contributed by atoms with E-state index < -0.39 is 23.3 Å². The number of aromatic nitrogens is 2. The molecule has 2 fully saturated rings. The number of hydrogen-bond acceptors (Lipinski definition) is 9. The maximum Gasteiger partial charge on any atom is 0.407 e. The van der Waals surface area contributed by atoms with E-state index in [1.54, 1.807) is 25.7 Å². The Balaban J connectivity index is 1.55. The highest BCUT2D eigenvalue weighted by atomic mass is 19.1. The van der Waals surface area contributed by atoms with Gasteiger partial charge < -0.3 is 30.3 Å². The number of amides is 1. The van der Waals surface area contributed by atoms with E-state index in [0.717, 1.165) is 18.9 Å². The first-order valence-electron chi connectivity index (χ1n) is 12.8. The summed E-state index contributed by atoms with van der Waals surface area (Å²) in [5, 5.41) is 18.4. The minimum absolute atomic E-state index is 0.00175. The van der Waals surface area contributed by atoms with Crippen LogP contribution in [0.15, 0.2) is 18.3 Å². The second-order valence-electron chi connectivity index (χ2n) is 10.3. The summed E-state index contributed by atoms with van der Waals surface area (Å²) in [6.07, 6.45) is 4.07.